The summed E-state index contributed by atoms with van der Waals surface area (Å²) < 4.78 is 12.5. The third-order valence-electron chi connectivity index (χ3n) is 1.87. The van der Waals surface area contributed by atoms with Crippen LogP contribution in [0, 0.1) is 12.2 Å². The summed E-state index contributed by atoms with van der Waals surface area (Å²) in [4.78, 5) is 0. The number of aryl methyl sites for hydroxylation is 1. The van der Waals surface area contributed by atoms with Gasteiger partial charge < -0.3 is 0 Å². The maximum Gasteiger partial charge on any atom is 0.123 e. The van der Waals surface area contributed by atoms with Crippen molar-refractivity contribution in [3.63, 3.8) is 0 Å². The lowest BCUT2D eigenvalue weighted by Gasteiger charge is -1.99. The first kappa shape index (κ1) is 9.24. The van der Waals surface area contributed by atoms with Gasteiger partial charge in [-0.15, -0.1) is 0 Å². The Bertz CT molecular complexity index is 213. The van der Waals surface area contributed by atoms with Gasteiger partial charge in [-0.25, -0.2) is 4.39 Å². The van der Waals surface area contributed by atoms with Gasteiger partial charge in [0.25, 0.3) is 0 Å². The Kier molecular flexibility index (Phi) is 3.78. The minimum Gasteiger partial charge on any atom is -0.207 e. The molecule has 0 bridgehead atoms. The van der Waals surface area contributed by atoms with Crippen LogP contribution in [-0.2, 0) is 6.42 Å². The first-order chi connectivity index (χ1) is 5.83. The molecule has 1 aromatic carbocycles. The van der Waals surface area contributed by atoms with Crippen molar-refractivity contribution >= 4 is 0 Å². The fourth-order valence-corrected chi connectivity index (χ4v) is 1.16. The van der Waals surface area contributed by atoms with E-state index >= 15 is 0 Å². The van der Waals surface area contributed by atoms with E-state index in [2.05, 4.69) is 13.3 Å². The molecule has 1 radical (unpaired) electrons. The van der Waals surface area contributed by atoms with Crippen LogP contribution in [0.4, 0.5) is 4.39 Å². The Hall–Kier alpha value is -0.850. The lowest BCUT2D eigenvalue weighted by molar-refractivity contribution is 0.626. The molecule has 1 rings (SSSR count). The summed E-state index contributed by atoms with van der Waals surface area (Å²) in [6.45, 7) is 2.06. The lowest BCUT2D eigenvalue weighted by Crippen LogP contribution is -1.85. The summed E-state index contributed by atoms with van der Waals surface area (Å²) in [7, 11) is 0. The largest absolute Gasteiger partial charge is 0.207 e. The van der Waals surface area contributed by atoms with E-state index in [0.717, 1.165) is 19.3 Å². The van der Waals surface area contributed by atoms with Crippen LogP contribution in [0.5, 0.6) is 0 Å². The zero-order valence-electron chi connectivity index (χ0n) is 7.39. The molecule has 0 aliphatic heterocycles. The summed E-state index contributed by atoms with van der Waals surface area (Å²) in [5, 5.41) is 0. The van der Waals surface area contributed by atoms with Crippen LogP contribution in [0.15, 0.2) is 24.3 Å². The third kappa shape index (κ3) is 3.04. The van der Waals surface area contributed by atoms with Gasteiger partial charge in [0, 0.05) is 0 Å². The van der Waals surface area contributed by atoms with Crippen molar-refractivity contribution in [2.75, 3.05) is 0 Å². The highest BCUT2D eigenvalue weighted by molar-refractivity contribution is 5.15. The van der Waals surface area contributed by atoms with Crippen molar-refractivity contribution in [1.29, 1.82) is 0 Å². The molecule has 0 aliphatic rings. The molecular weight excluding hydrogens is 151 g/mol. The van der Waals surface area contributed by atoms with Gasteiger partial charge in [-0.05, 0) is 37.0 Å². The predicted molar refractivity (Wildman–Crippen MR) is 49.3 cm³/mol. The number of benzene rings is 1. The van der Waals surface area contributed by atoms with E-state index in [1.165, 1.54) is 17.7 Å². The van der Waals surface area contributed by atoms with E-state index in [1.807, 2.05) is 12.1 Å². The highest BCUT2D eigenvalue weighted by atomic mass is 19.1. The van der Waals surface area contributed by atoms with Crippen LogP contribution in [0.25, 0.3) is 0 Å². The second-order valence-corrected chi connectivity index (χ2v) is 2.93. The summed E-state index contributed by atoms with van der Waals surface area (Å²) in [6.07, 6.45) is 5.49. The van der Waals surface area contributed by atoms with Gasteiger partial charge in [0.05, 0.1) is 0 Å². The first-order valence-corrected chi connectivity index (χ1v) is 4.35. The number of halogens is 1. The molecule has 65 valence electrons. The molecule has 0 aliphatic carbocycles. The van der Waals surface area contributed by atoms with Gasteiger partial charge in [0.1, 0.15) is 5.82 Å². The highest BCUT2D eigenvalue weighted by Gasteiger charge is 1.92. The molecule has 0 spiro atoms. The molecule has 0 nitrogen and oxygen atoms in total. The Balaban J connectivity index is 2.37. The minimum atomic E-state index is -0.152. The van der Waals surface area contributed by atoms with E-state index < -0.39 is 0 Å². The number of hydrogen-bond acceptors (Lipinski definition) is 0. The molecule has 1 heteroatoms. The van der Waals surface area contributed by atoms with Crippen molar-refractivity contribution in [3.05, 3.63) is 42.1 Å². The first-order valence-electron chi connectivity index (χ1n) is 4.35. The molecule has 0 amide bonds. The smallest absolute Gasteiger partial charge is 0.123 e. The SMILES string of the molecule is C[CH]CCCc1ccc(F)cc1. The quantitative estimate of drug-likeness (QED) is 0.600. The van der Waals surface area contributed by atoms with Crippen molar-refractivity contribution in [3.8, 4) is 0 Å². The fraction of sp³-hybridized carbons (Fsp3) is 0.364. The van der Waals surface area contributed by atoms with Crippen LogP contribution in [0.1, 0.15) is 25.3 Å². The molecule has 0 aromatic heterocycles. The summed E-state index contributed by atoms with van der Waals surface area (Å²) >= 11 is 0. The number of unbranched alkanes of at least 4 members (excludes halogenated alkanes) is 2. The maximum absolute atomic E-state index is 12.5. The second-order valence-electron chi connectivity index (χ2n) is 2.93. The molecule has 0 unspecified atom stereocenters. The Labute approximate surface area is 73.4 Å². The third-order valence-corrected chi connectivity index (χ3v) is 1.87. The van der Waals surface area contributed by atoms with E-state index in [-0.39, 0.29) is 5.82 Å². The van der Waals surface area contributed by atoms with Crippen molar-refractivity contribution in [2.45, 2.75) is 26.2 Å². The summed E-state index contributed by atoms with van der Waals surface area (Å²) in [5.41, 5.74) is 1.22. The van der Waals surface area contributed by atoms with Crippen molar-refractivity contribution < 1.29 is 4.39 Å². The highest BCUT2D eigenvalue weighted by Crippen LogP contribution is 2.07. The minimum absolute atomic E-state index is 0.152. The van der Waals surface area contributed by atoms with E-state index in [0.29, 0.717) is 0 Å². The summed E-state index contributed by atoms with van der Waals surface area (Å²) in [5.74, 6) is -0.152. The fourth-order valence-electron chi connectivity index (χ4n) is 1.16. The monoisotopic (exact) mass is 165 g/mol. The number of hydrogen-bond donors (Lipinski definition) is 0. The Morgan fingerprint density at radius 3 is 2.50 bits per heavy atom. The molecule has 0 heterocycles. The van der Waals surface area contributed by atoms with Gasteiger partial charge in [-0.2, -0.15) is 0 Å². The zero-order chi connectivity index (χ0) is 8.81. The van der Waals surface area contributed by atoms with Crippen LogP contribution in [0.2, 0.25) is 0 Å². The van der Waals surface area contributed by atoms with Gasteiger partial charge in [0.15, 0.2) is 0 Å². The Morgan fingerprint density at radius 1 is 1.25 bits per heavy atom. The number of rotatable bonds is 4. The normalized spacial score (nSPS) is 10.2. The molecule has 0 saturated carbocycles. The lowest BCUT2D eigenvalue weighted by atomic mass is 10.1. The molecule has 0 N–H and O–H groups in total. The van der Waals surface area contributed by atoms with Crippen molar-refractivity contribution in [1.82, 2.24) is 0 Å². The van der Waals surface area contributed by atoms with Crippen LogP contribution in [-0.4, -0.2) is 0 Å². The van der Waals surface area contributed by atoms with Crippen LogP contribution >= 0.6 is 0 Å². The van der Waals surface area contributed by atoms with E-state index in [9.17, 15) is 4.39 Å². The standard InChI is InChI=1S/C11H14F/c1-2-3-4-5-10-6-8-11(12)9-7-10/h2,6-9H,3-5H2,1H3. The van der Waals surface area contributed by atoms with Crippen molar-refractivity contribution in [2.24, 2.45) is 0 Å². The topological polar surface area (TPSA) is 0 Å². The van der Waals surface area contributed by atoms with Gasteiger partial charge >= 0.3 is 0 Å². The van der Waals surface area contributed by atoms with Crippen LogP contribution in [0.3, 0.4) is 0 Å². The zero-order valence-corrected chi connectivity index (χ0v) is 7.39. The second kappa shape index (κ2) is 4.91. The molecule has 0 fully saturated rings. The maximum atomic E-state index is 12.5. The Morgan fingerprint density at radius 2 is 1.92 bits per heavy atom. The molecular formula is C11H14F. The molecule has 1 aromatic rings. The van der Waals surface area contributed by atoms with Gasteiger partial charge in [0.2, 0.25) is 0 Å². The average molecular weight is 165 g/mol. The predicted octanol–water partition coefficient (Wildman–Crippen LogP) is 3.37. The van der Waals surface area contributed by atoms with Crippen LogP contribution < -0.4 is 0 Å². The molecule has 0 atom stereocenters. The van der Waals surface area contributed by atoms with E-state index in [4.69, 9.17) is 0 Å². The molecule has 12 heavy (non-hydrogen) atoms. The summed E-state index contributed by atoms with van der Waals surface area (Å²) in [6, 6.07) is 6.74. The van der Waals surface area contributed by atoms with E-state index in [1.54, 1.807) is 0 Å². The van der Waals surface area contributed by atoms with Gasteiger partial charge in [-0.3, -0.25) is 0 Å². The average Bonchev–Trinajstić information content (AvgIpc) is 2.09. The van der Waals surface area contributed by atoms with Gasteiger partial charge in [-0.1, -0.05) is 25.5 Å². The molecule has 0 saturated heterocycles.